The number of ether oxygens (including phenoxy) is 1. The molecule has 1 aromatic carbocycles. The van der Waals surface area contributed by atoms with E-state index in [9.17, 15) is 0 Å². The van der Waals surface area contributed by atoms with Gasteiger partial charge in [-0.15, -0.1) is 5.10 Å². The third-order valence-corrected chi connectivity index (χ3v) is 3.51. The summed E-state index contributed by atoms with van der Waals surface area (Å²) in [6, 6.07) is 5.36. The van der Waals surface area contributed by atoms with Gasteiger partial charge in [-0.1, -0.05) is 32.6 Å². The second-order valence-electron chi connectivity index (χ2n) is 2.50. The highest BCUT2D eigenvalue weighted by Gasteiger charge is 2.07. The van der Waals surface area contributed by atoms with Crippen molar-refractivity contribution in [2.45, 2.75) is 0 Å². The van der Waals surface area contributed by atoms with Crippen molar-refractivity contribution >= 4 is 54.8 Å². The second kappa shape index (κ2) is 4.78. The lowest BCUT2D eigenvalue weighted by Crippen LogP contribution is -1.84. The van der Waals surface area contributed by atoms with Crippen molar-refractivity contribution < 1.29 is 4.74 Å². The minimum absolute atomic E-state index is 0.446. The number of hydrogen-bond donors (Lipinski definition) is 0. The molecule has 2 rings (SSSR count). The standard InChI is InChI=1S/C8H3Br2ClN2OS/c9-4-1-2-5(11)6(3-4)14-8-13-12-7(10)15-8/h1-3H. The third kappa shape index (κ3) is 2.90. The average molecular weight is 370 g/mol. The zero-order valence-electron chi connectivity index (χ0n) is 7.08. The Labute approximate surface area is 112 Å². The largest absolute Gasteiger partial charge is 0.428 e. The van der Waals surface area contributed by atoms with Crippen LogP contribution in [0.15, 0.2) is 26.6 Å². The molecule has 0 atom stereocenters. The summed E-state index contributed by atoms with van der Waals surface area (Å²) >= 11 is 13.8. The van der Waals surface area contributed by atoms with Crippen molar-refractivity contribution in [2.75, 3.05) is 0 Å². The monoisotopic (exact) mass is 368 g/mol. The Morgan fingerprint density at radius 3 is 2.73 bits per heavy atom. The molecule has 7 heteroatoms. The van der Waals surface area contributed by atoms with Crippen molar-refractivity contribution in [3.8, 4) is 10.9 Å². The maximum atomic E-state index is 5.95. The summed E-state index contributed by atoms with van der Waals surface area (Å²) in [7, 11) is 0. The molecule has 15 heavy (non-hydrogen) atoms. The van der Waals surface area contributed by atoms with E-state index in [0.717, 1.165) is 4.47 Å². The Bertz CT molecular complexity index is 491. The molecule has 2 aromatic rings. The highest BCUT2D eigenvalue weighted by atomic mass is 79.9. The van der Waals surface area contributed by atoms with Crippen LogP contribution in [0.4, 0.5) is 0 Å². The van der Waals surface area contributed by atoms with Gasteiger partial charge in [0.05, 0.1) is 5.02 Å². The first-order valence-electron chi connectivity index (χ1n) is 3.77. The fourth-order valence-electron chi connectivity index (χ4n) is 0.884. The topological polar surface area (TPSA) is 35.0 Å². The number of aromatic nitrogens is 2. The van der Waals surface area contributed by atoms with E-state index in [0.29, 0.717) is 19.9 Å². The summed E-state index contributed by atoms with van der Waals surface area (Å²) in [6.07, 6.45) is 0. The van der Waals surface area contributed by atoms with Crippen LogP contribution < -0.4 is 4.74 Å². The highest BCUT2D eigenvalue weighted by Crippen LogP contribution is 2.33. The van der Waals surface area contributed by atoms with Gasteiger partial charge in [0.25, 0.3) is 5.19 Å². The van der Waals surface area contributed by atoms with E-state index in [-0.39, 0.29) is 0 Å². The zero-order chi connectivity index (χ0) is 10.8. The van der Waals surface area contributed by atoms with Crippen LogP contribution in [0.2, 0.25) is 5.02 Å². The second-order valence-corrected chi connectivity index (χ2v) is 6.04. The van der Waals surface area contributed by atoms with Crippen LogP contribution in [-0.2, 0) is 0 Å². The van der Waals surface area contributed by atoms with Crippen molar-refractivity contribution in [3.05, 3.63) is 31.6 Å². The van der Waals surface area contributed by atoms with Gasteiger partial charge in [0.1, 0.15) is 5.75 Å². The fraction of sp³-hybridized carbons (Fsp3) is 0. The van der Waals surface area contributed by atoms with E-state index in [2.05, 4.69) is 42.1 Å². The maximum absolute atomic E-state index is 5.95. The normalized spacial score (nSPS) is 10.3. The van der Waals surface area contributed by atoms with Crippen LogP contribution in [0.5, 0.6) is 10.9 Å². The van der Waals surface area contributed by atoms with Gasteiger partial charge < -0.3 is 4.74 Å². The van der Waals surface area contributed by atoms with Crippen LogP contribution in [0.3, 0.4) is 0 Å². The molecule has 0 unspecified atom stereocenters. The van der Waals surface area contributed by atoms with Gasteiger partial charge in [0.2, 0.25) is 0 Å². The minimum Gasteiger partial charge on any atom is -0.428 e. The Morgan fingerprint density at radius 1 is 1.27 bits per heavy atom. The van der Waals surface area contributed by atoms with Crippen LogP contribution in [0.25, 0.3) is 0 Å². The van der Waals surface area contributed by atoms with E-state index in [1.165, 1.54) is 11.3 Å². The average Bonchev–Trinajstić information content (AvgIpc) is 2.58. The Kier molecular flexibility index (Phi) is 3.60. The summed E-state index contributed by atoms with van der Waals surface area (Å²) < 4.78 is 7.03. The van der Waals surface area contributed by atoms with E-state index in [4.69, 9.17) is 16.3 Å². The molecule has 0 aliphatic carbocycles. The van der Waals surface area contributed by atoms with Gasteiger partial charge in [-0.3, -0.25) is 0 Å². The predicted molar refractivity (Wildman–Crippen MR) is 66.8 cm³/mol. The molecule has 0 radical (unpaired) electrons. The number of halogens is 3. The number of benzene rings is 1. The first-order valence-corrected chi connectivity index (χ1v) is 6.55. The molecule has 0 aliphatic heterocycles. The van der Waals surface area contributed by atoms with Crippen LogP contribution in [-0.4, -0.2) is 10.2 Å². The molecular formula is C8H3Br2ClN2OS. The van der Waals surface area contributed by atoms with Gasteiger partial charge in [-0.05, 0) is 45.5 Å². The van der Waals surface area contributed by atoms with Crippen LogP contribution >= 0.6 is 54.8 Å². The van der Waals surface area contributed by atoms with Gasteiger partial charge in [0, 0.05) is 4.47 Å². The van der Waals surface area contributed by atoms with Crippen molar-refractivity contribution in [1.82, 2.24) is 10.2 Å². The zero-order valence-corrected chi connectivity index (χ0v) is 11.8. The van der Waals surface area contributed by atoms with Crippen LogP contribution in [0.1, 0.15) is 0 Å². The van der Waals surface area contributed by atoms with Gasteiger partial charge in [-0.2, -0.15) is 0 Å². The quantitative estimate of drug-likeness (QED) is 0.780. The van der Waals surface area contributed by atoms with Gasteiger partial charge in [0.15, 0.2) is 3.92 Å². The first-order chi connectivity index (χ1) is 7.15. The molecule has 78 valence electrons. The smallest absolute Gasteiger partial charge is 0.300 e. The summed E-state index contributed by atoms with van der Waals surface area (Å²) in [5, 5.41) is 8.56. The summed E-state index contributed by atoms with van der Waals surface area (Å²) in [4.78, 5) is 0. The molecule has 0 saturated heterocycles. The van der Waals surface area contributed by atoms with Crippen molar-refractivity contribution in [3.63, 3.8) is 0 Å². The van der Waals surface area contributed by atoms with E-state index < -0.39 is 0 Å². The molecule has 0 spiro atoms. The molecule has 0 N–H and O–H groups in total. The molecule has 0 aliphatic rings. The lowest BCUT2D eigenvalue weighted by atomic mass is 10.3. The molecule has 3 nitrogen and oxygen atoms in total. The lowest BCUT2D eigenvalue weighted by molar-refractivity contribution is 0.473. The molecule has 1 heterocycles. The number of nitrogens with zero attached hydrogens (tertiary/aromatic N) is 2. The molecule has 0 amide bonds. The maximum Gasteiger partial charge on any atom is 0.300 e. The van der Waals surface area contributed by atoms with Crippen molar-refractivity contribution in [1.29, 1.82) is 0 Å². The SMILES string of the molecule is Clc1ccc(Br)cc1Oc1nnc(Br)s1. The lowest BCUT2D eigenvalue weighted by Gasteiger charge is -2.03. The van der Waals surface area contributed by atoms with Crippen molar-refractivity contribution in [2.24, 2.45) is 0 Å². The van der Waals surface area contributed by atoms with Gasteiger partial charge in [-0.25, -0.2) is 0 Å². The number of rotatable bonds is 2. The Morgan fingerprint density at radius 2 is 2.07 bits per heavy atom. The third-order valence-electron chi connectivity index (χ3n) is 1.47. The Balaban J connectivity index is 2.27. The first kappa shape index (κ1) is 11.3. The summed E-state index contributed by atoms with van der Waals surface area (Å²) in [5.74, 6) is 0.551. The van der Waals surface area contributed by atoms with E-state index >= 15 is 0 Å². The predicted octanol–water partition coefficient (Wildman–Crippen LogP) is 4.51. The van der Waals surface area contributed by atoms with Crippen LogP contribution in [0, 0.1) is 0 Å². The van der Waals surface area contributed by atoms with E-state index in [1.54, 1.807) is 12.1 Å². The molecule has 1 aromatic heterocycles. The number of hydrogen-bond acceptors (Lipinski definition) is 4. The summed E-state index contributed by atoms with van der Waals surface area (Å²) in [6.45, 7) is 0. The van der Waals surface area contributed by atoms with E-state index in [1.807, 2.05) is 6.07 Å². The molecular weight excluding hydrogens is 367 g/mol. The summed E-state index contributed by atoms with van der Waals surface area (Å²) in [5.41, 5.74) is 0. The Hall–Kier alpha value is -0.170. The fourth-order valence-corrected chi connectivity index (χ4v) is 2.31. The molecule has 0 fully saturated rings. The molecule has 0 bridgehead atoms. The van der Waals surface area contributed by atoms with Gasteiger partial charge >= 0.3 is 0 Å². The highest BCUT2D eigenvalue weighted by molar-refractivity contribution is 9.11. The molecule has 0 saturated carbocycles. The minimum atomic E-state index is 0.446.